The fourth-order valence-electron chi connectivity index (χ4n) is 1.16. The number of nitrogens with two attached hydrogens (primary N) is 1. The van der Waals surface area contributed by atoms with Gasteiger partial charge in [0, 0.05) is 11.6 Å². The van der Waals surface area contributed by atoms with Crippen LogP contribution in [0.4, 0.5) is 8.78 Å². The molecular weight excluding hydrogens is 208 g/mol. The molecule has 0 spiro atoms. The number of carboxylic acid groups (broad SMARTS) is 1. The lowest BCUT2D eigenvalue weighted by atomic mass is 10.1. The van der Waals surface area contributed by atoms with Gasteiger partial charge in [-0.15, -0.1) is 0 Å². The van der Waals surface area contributed by atoms with Crippen LogP contribution < -0.4 is 10.5 Å². The molecule has 1 aromatic carbocycles. The number of rotatable bonds is 3. The van der Waals surface area contributed by atoms with Crippen LogP contribution in [0.2, 0.25) is 0 Å². The molecule has 0 saturated heterocycles. The summed E-state index contributed by atoms with van der Waals surface area (Å²) in [7, 11) is 1.15. The lowest BCUT2D eigenvalue weighted by molar-refractivity contribution is -0.138. The van der Waals surface area contributed by atoms with Gasteiger partial charge in [-0.2, -0.15) is 0 Å². The first-order valence-electron chi connectivity index (χ1n) is 3.98. The van der Waals surface area contributed by atoms with Crippen LogP contribution in [0.5, 0.6) is 5.75 Å². The molecule has 0 aromatic heterocycles. The number of methoxy groups -OCH3 is 1. The Morgan fingerprint density at radius 3 is 2.60 bits per heavy atom. The summed E-state index contributed by atoms with van der Waals surface area (Å²) in [6, 6.07) is -0.0948. The molecule has 0 fully saturated rings. The van der Waals surface area contributed by atoms with Crippen LogP contribution in [0.1, 0.15) is 11.6 Å². The van der Waals surface area contributed by atoms with Gasteiger partial charge >= 0.3 is 5.97 Å². The minimum absolute atomic E-state index is 0.234. The van der Waals surface area contributed by atoms with Gasteiger partial charge in [0.2, 0.25) is 0 Å². The average Bonchev–Trinajstić information content (AvgIpc) is 2.15. The minimum Gasteiger partial charge on any atom is -0.493 e. The maximum absolute atomic E-state index is 13.1. The number of ether oxygens (including phenoxy) is 1. The van der Waals surface area contributed by atoms with Gasteiger partial charge in [-0.25, -0.2) is 8.78 Å². The normalized spacial score (nSPS) is 12.3. The molecule has 3 N–H and O–H groups in total. The molecule has 15 heavy (non-hydrogen) atoms. The third kappa shape index (κ3) is 2.21. The molecule has 0 aliphatic heterocycles. The molecule has 4 nitrogen and oxygen atoms in total. The van der Waals surface area contributed by atoms with Crippen LogP contribution in [0.25, 0.3) is 0 Å². The van der Waals surface area contributed by atoms with Crippen LogP contribution in [0, 0.1) is 11.6 Å². The largest absolute Gasteiger partial charge is 0.493 e. The van der Waals surface area contributed by atoms with Crippen molar-refractivity contribution in [1.82, 2.24) is 0 Å². The Hall–Kier alpha value is -1.69. The lowest BCUT2D eigenvalue weighted by Crippen LogP contribution is -2.21. The van der Waals surface area contributed by atoms with E-state index >= 15 is 0 Å². The summed E-state index contributed by atoms with van der Waals surface area (Å²) in [5.41, 5.74) is 5.01. The Balaban J connectivity index is 3.32. The van der Waals surface area contributed by atoms with Crippen LogP contribution in [-0.2, 0) is 4.79 Å². The molecule has 1 rings (SSSR count). The fourth-order valence-corrected chi connectivity index (χ4v) is 1.16. The maximum Gasteiger partial charge on any atom is 0.325 e. The van der Waals surface area contributed by atoms with E-state index in [2.05, 4.69) is 4.74 Å². The van der Waals surface area contributed by atoms with E-state index in [1.54, 1.807) is 0 Å². The molecule has 1 atom stereocenters. The van der Waals surface area contributed by atoms with Gasteiger partial charge in [0.25, 0.3) is 0 Å². The molecule has 1 aromatic rings. The smallest absolute Gasteiger partial charge is 0.325 e. The highest BCUT2D eigenvalue weighted by Gasteiger charge is 2.22. The zero-order valence-electron chi connectivity index (χ0n) is 7.83. The molecule has 0 amide bonds. The summed E-state index contributed by atoms with van der Waals surface area (Å²) in [4.78, 5) is 10.6. The van der Waals surface area contributed by atoms with Gasteiger partial charge in [-0.1, -0.05) is 0 Å². The van der Waals surface area contributed by atoms with E-state index in [1.807, 2.05) is 0 Å². The quantitative estimate of drug-likeness (QED) is 0.793. The highest BCUT2D eigenvalue weighted by molar-refractivity contribution is 5.76. The van der Waals surface area contributed by atoms with Crippen molar-refractivity contribution in [1.29, 1.82) is 0 Å². The fraction of sp³-hybridized carbons (Fsp3) is 0.222. The zero-order valence-corrected chi connectivity index (χ0v) is 7.83. The van der Waals surface area contributed by atoms with Crippen LogP contribution in [0.3, 0.4) is 0 Å². The van der Waals surface area contributed by atoms with Gasteiger partial charge < -0.3 is 15.6 Å². The number of hydrogen-bond donors (Lipinski definition) is 2. The second-order valence-corrected chi connectivity index (χ2v) is 2.83. The van der Waals surface area contributed by atoms with Crippen molar-refractivity contribution < 1.29 is 23.4 Å². The number of halogens is 2. The first kappa shape index (κ1) is 11.4. The second kappa shape index (κ2) is 4.22. The predicted molar refractivity (Wildman–Crippen MR) is 47.5 cm³/mol. The first-order valence-corrected chi connectivity index (χ1v) is 3.98. The summed E-state index contributed by atoms with van der Waals surface area (Å²) in [6.07, 6.45) is 0. The number of hydrogen-bond acceptors (Lipinski definition) is 3. The average molecular weight is 217 g/mol. The molecule has 6 heteroatoms. The van der Waals surface area contributed by atoms with E-state index < -0.39 is 23.6 Å². The summed E-state index contributed by atoms with van der Waals surface area (Å²) in [5, 5.41) is 8.61. The van der Waals surface area contributed by atoms with Crippen molar-refractivity contribution in [3.05, 3.63) is 29.3 Å². The number of aliphatic carboxylic acids is 1. The molecule has 0 heterocycles. The van der Waals surface area contributed by atoms with E-state index in [0.29, 0.717) is 6.07 Å². The third-order valence-electron chi connectivity index (χ3n) is 1.84. The van der Waals surface area contributed by atoms with Crippen LogP contribution in [-0.4, -0.2) is 18.2 Å². The van der Waals surface area contributed by atoms with Gasteiger partial charge in [-0.05, 0) is 6.07 Å². The van der Waals surface area contributed by atoms with Crippen LogP contribution >= 0.6 is 0 Å². The van der Waals surface area contributed by atoms with Crippen molar-refractivity contribution in [3.63, 3.8) is 0 Å². The molecule has 0 aliphatic rings. The molecule has 0 saturated carbocycles. The van der Waals surface area contributed by atoms with Gasteiger partial charge in [0.15, 0.2) is 11.6 Å². The standard InChI is InChI=1S/C9H9F2NO3/c1-15-8-5(7(12)9(13)14)2-4(10)3-6(8)11/h2-3,7H,12H2,1H3,(H,13,14). The maximum atomic E-state index is 13.1. The summed E-state index contributed by atoms with van der Waals surface area (Å²) in [5.74, 6) is -3.63. The highest BCUT2D eigenvalue weighted by Crippen LogP contribution is 2.28. The molecule has 0 bridgehead atoms. The molecule has 82 valence electrons. The van der Waals surface area contributed by atoms with Crippen molar-refractivity contribution >= 4 is 5.97 Å². The van der Waals surface area contributed by atoms with E-state index in [-0.39, 0.29) is 11.3 Å². The van der Waals surface area contributed by atoms with Gasteiger partial charge in [0.05, 0.1) is 7.11 Å². The summed E-state index contributed by atoms with van der Waals surface area (Å²) < 4.78 is 30.6. The summed E-state index contributed by atoms with van der Waals surface area (Å²) in [6.45, 7) is 0. The van der Waals surface area contributed by atoms with Crippen molar-refractivity contribution in [3.8, 4) is 5.75 Å². The third-order valence-corrected chi connectivity index (χ3v) is 1.84. The number of benzene rings is 1. The van der Waals surface area contributed by atoms with Crippen LogP contribution in [0.15, 0.2) is 12.1 Å². The number of carbonyl (C=O) groups is 1. The summed E-state index contributed by atoms with van der Waals surface area (Å²) >= 11 is 0. The molecule has 0 aliphatic carbocycles. The Labute approximate surface area is 84.3 Å². The number of carboxylic acids is 1. The van der Waals surface area contributed by atoms with E-state index in [4.69, 9.17) is 10.8 Å². The van der Waals surface area contributed by atoms with Gasteiger partial charge in [0.1, 0.15) is 11.9 Å². The van der Waals surface area contributed by atoms with E-state index in [9.17, 15) is 13.6 Å². The van der Waals surface area contributed by atoms with Crippen molar-refractivity contribution in [2.24, 2.45) is 5.73 Å². The van der Waals surface area contributed by atoms with Crippen molar-refractivity contribution in [2.45, 2.75) is 6.04 Å². The second-order valence-electron chi connectivity index (χ2n) is 2.83. The highest BCUT2D eigenvalue weighted by atomic mass is 19.1. The van der Waals surface area contributed by atoms with Crippen molar-refractivity contribution in [2.75, 3.05) is 7.11 Å². The van der Waals surface area contributed by atoms with E-state index in [0.717, 1.165) is 13.2 Å². The lowest BCUT2D eigenvalue weighted by Gasteiger charge is -2.12. The Morgan fingerprint density at radius 1 is 1.53 bits per heavy atom. The Morgan fingerprint density at radius 2 is 2.13 bits per heavy atom. The zero-order chi connectivity index (χ0) is 11.6. The van der Waals surface area contributed by atoms with Gasteiger partial charge in [-0.3, -0.25) is 4.79 Å². The predicted octanol–water partition coefficient (Wildman–Crippen LogP) is 1.06. The topological polar surface area (TPSA) is 72.5 Å². The molecule has 0 radical (unpaired) electrons. The SMILES string of the molecule is COc1c(F)cc(F)cc1C(N)C(=O)O. The molecule has 1 unspecified atom stereocenters. The minimum atomic E-state index is -1.52. The Kier molecular flexibility index (Phi) is 3.21. The molecular formula is C9H9F2NO3. The first-order chi connectivity index (χ1) is 6.97. The van der Waals surface area contributed by atoms with E-state index in [1.165, 1.54) is 0 Å². The monoisotopic (exact) mass is 217 g/mol. The Bertz CT molecular complexity index is 395.